The molecule has 0 unspecified atom stereocenters. The third kappa shape index (κ3) is 4.76. The lowest BCUT2D eigenvalue weighted by Crippen LogP contribution is -2.42. The van der Waals surface area contributed by atoms with Crippen LogP contribution in [0.3, 0.4) is 0 Å². The zero-order valence-corrected chi connectivity index (χ0v) is 13.8. The van der Waals surface area contributed by atoms with Gasteiger partial charge in [-0.15, -0.1) is 16.2 Å². The number of nitrogens with zero attached hydrogens (tertiary/aromatic N) is 1. The maximum atomic E-state index is 12.6. The molecule has 1 amide bonds. The minimum atomic E-state index is -4.67. The molecule has 0 radical (unpaired) electrons. The van der Waals surface area contributed by atoms with Gasteiger partial charge in [0, 0.05) is 11.1 Å². The van der Waals surface area contributed by atoms with Crippen molar-refractivity contribution >= 4 is 27.3 Å². The Balaban J connectivity index is 2.04. The Labute approximate surface area is 139 Å². The van der Waals surface area contributed by atoms with E-state index in [-0.39, 0.29) is 6.42 Å². The molecule has 1 aromatic heterocycles. The van der Waals surface area contributed by atoms with Crippen LogP contribution in [0.2, 0.25) is 0 Å². The summed E-state index contributed by atoms with van der Waals surface area (Å²) in [6.07, 6.45) is -4.82. The minimum Gasteiger partial charge on any atom is -0.277 e. The average Bonchev–Trinajstić information content (AvgIpc) is 2.90. The second-order valence-electron chi connectivity index (χ2n) is 4.74. The fourth-order valence-corrected chi connectivity index (χ4v) is 3.36. The monoisotopic (exact) mass is 379 g/mol. The summed E-state index contributed by atoms with van der Waals surface area (Å²) in [5, 5.41) is 2.22. The zero-order valence-electron chi connectivity index (χ0n) is 12.2. The van der Waals surface area contributed by atoms with Crippen LogP contribution in [0, 0.1) is 6.92 Å². The van der Waals surface area contributed by atoms with Gasteiger partial charge < -0.3 is 0 Å². The summed E-state index contributed by atoms with van der Waals surface area (Å²) < 4.78 is 61.8. The molecule has 0 aliphatic carbocycles. The van der Waals surface area contributed by atoms with Crippen molar-refractivity contribution in [1.82, 2.24) is 15.2 Å². The molecular formula is C13H12F3N3O3S2. The number of alkyl halides is 3. The van der Waals surface area contributed by atoms with Gasteiger partial charge in [0.2, 0.25) is 5.91 Å². The molecule has 0 saturated carbocycles. The molecule has 0 aliphatic rings. The van der Waals surface area contributed by atoms with Gasteiger partial charge in [-0.1, -0.05) is 6.07 Å². The van der Waals surface area contributed by atoms with Crippen LogP contribution in [0.15, 0.2) is 34.5 Å². The minimum absolute atomic E-state index is 0.149. The van der Waals surface area contributed by atoms with E-state index in [0.717, 1.165) is 23.9 Å². The van der Waals surface area contributed by atoms with E-state index in [1.807, 2.05) is 5.43 Å². The van der Waals surface area contributed by atoms with Crippen LogP contribution in [-0.4, -0.2) is 19.3 Å². The van der Waals surface area contributed by atoms with Crippen LogP contribution in [0.5, 0.6) is 0 Å². The molecule has 6 nitrogen and oxygen atoms in total. The molecule has 0 atom stereocenters. The topological polar surface area (TPSA) is 88.2 Å². The highest BCUT2D eigenvalue weighted by Gasteiger charge is 2.31. The summed E-state index contributed by atoms with van der Waals surface area (Å²) in [5.41, 5.74) is 1.57. The molecule has 0 saturated heterocycles. The van der Waals surface area contributed by atoms with E-state index in [4.69, 9.17) is 0 Å². The number of aryl methyl sites for hydroxylation is 1. The van der Waals surface area contributed by atoms with Crippen LogP contribution < -0.4 is 10.3 Å². The number of sulfonamides is 1. The van der Waals surface area contributed by atoms with E-state index in [1.54, 1.807) is 17.1 Å². The number of hydrogen-bond acceptors (Lipinski definition) is 5. The highest BCUT2D eigenvalue weighted by molar-refractivity contribution is 7.89. The van der Waals surface area contributed by atoms with Gasteiger partial charge in [-0.2, -0.15) is 13.2 Å². The van der Waals surface area contributed by atoms with Gasteiger partial charge in [0.05, 0.1) is 16.9 Å². The highest BCUT2D eigenvalue weighted by Crippen LogP contribution is 2.30. The van der Waals surface area contributed by atoms with Crippen molar-refractivity contribution in [2.75, 3.05) is 0 Å². The van der Waals surface area contributed by atoms with E-state index in [9.17, 15) is 26.4 Å². The van der Waals surface area contributed by atoms with Crippen molar-refractivity contribution in [2.24, 2.45) is 0 Å². The van der Waals surface area contributed by atoms with Crippen molar-refractivity contribution in [3.05, 3.63) is 45.9 Å². The molecule has 130 valence electrons. The molecule has 11 heteroatoms. The standard InChI is InChI=1S/C13H12F3N3O3S2/c1-8-7-23-12(17-8)6-11(20)18-19-24(21,22)10-4-2-3-9(5-10)13(14,15)16/h2-5,7,19H,6H2,1H3,(H,18,20). The molecule has 0 bridgehead atoms. The van der Waals surface area contributed by atoms with Crippen LogP contribution >= 0.6 is 11.3 Å². The Kier molecular flexibility index (Phi) is 5.26. The number of aromatic nitrogens is 1. The molecule has 2 rings (SSSR count). The number of halogens is 3. The van der Waals surface area contributed by atoms with E-state index in [1.165, 1.54) is 11.3 Å². The zero-order chi connectivity index (χ0) is 18.0. The maximum Gasteiger partial charge on any atom is 0.416 e. The van der Waals surface area contributed by atoms with Crippen LogP contribution in [0.25, 0.3) is 0 Å². The number of amides is 1. The van der Waals surface area contributed by atoms with Gasteiger partial charge >= 0.3 is 6.18 Å². The molecule has 1 aromatic carbocycles. The average molecular weight is 379 g/mol. The molecule has 2 N–H and O–H groups in total. The summed E-state index contributed by atoms with van der Waals surface area (Å²) >= 11 is 1.24. The number of carbonyl (C=O) groups excluding carboxylic acids is 1. The number of hydrogen-bond donors (Lipinski definition) is 2. The Morgan fingerprint density at radius 1 is 1.33 bits per heavy atom. The smallest absolute Gasteiger partial charge is 0.277 e. The van der Waals surface area contributed by atoms with Gasteiger partial charge in [0.1, 0.15) is 5.01 Å². The Bertz CT molecular complexity index is 847. The number of thiazole rings is 1. The Morgan fingerprint density at radius 3 is 2.62 bits per heavy atom. The summed E-state index contributed by atoms with van der Waals surface area (Å²) in [5.74, 6) is -0.681. The number of rotatable bonds is 5. The van der Waals surface area contributed by atoms with Crippen LogP contribution in [0.1, 0.15) is 16.3 Å². The predicted octanol–water partition coefficient (Wildman–Crippen LogP) is 2.02. The Hall–Kier alpha value is -1.98. The number of nitrogens with one attached hydrogen (secondary N) is 2. The third-order valence-electron chi connectivity index (χ3n) is 2.77. The lowest BCUT2D eigenvalue weighted by molar-refractivity contribution is -0.137. The maximum absolute atomic E-state index is 12.6. The number of carbonyl (C=O) groups is 1. The number of hydrazine groups is 1. The molecular weight excluding hydrogens is 367 g/mol. The molecule has 0 spiro atoms. The summed E-state index contributed by atoms with van der Waals surface area (Å²) in [6.45, 7) is 1.74. The second-order valence-corrected chi connectivity index (χ2v) is 7.36. The van der Waals surface area contributed by atoms with Gasteiger partial charge in [0.25, 0.3) is 10.0 Å². The van der Waals surface area contributed by atoms with Gasteiger partial charge in [-0.05, 0) is 25.1 Å². The summed E-state index contributed by atoms with van der Waals surface area (Å²) in [6, 6.07) is 3.20. The molecule has 0 aliphatic heterocycles. The van der Waals surface area contributed by atoms with Crippen molar-refractivity contribution in [3.8, 4) is 0 Å². The van der Waals surface area contributed by atoms with Gasteiger partial charge in [-0.3, -0.25) is 10.2 Å². The van der Waals surface area contributed by atoms with Gasteiger partial charge in [-0.25, -0.2) is 13.4 Å². The normalized spacial score (nSPS) is 12.2. The first kappa shape index (κ1) is 18.4. The SMILES string of the molecule is Cc1csc(CC(=O)NNS(=O)(=O)c2cccc(C(F)(F)F)c2)n1. The van der Waals surface area contributed by atoms with Crippen LogP contribution in [-0.2, 0) is 27.4 Å². The van der Waals surface area contributed by atoms with E-state index < -0.39 is 32.6 Å². The lowest BCUT2D eigenvalue weighted by atomic mass is 10.2. The van der Waals surface area contributed by atoms with Crippen molar-refractivity contribution < 1.29 is 26.4 Å². The molecule has 0 fully saturated rings. The first-order chi connectivity index (χ1) is 11.1. The molecule has 1 heterocycles. The van der Waals surface area contributed by atoms with Gasteiger partial charge in [0.15, 0.2) is 0 Å². The van der Waals surface area contributed by atoms with E-state index in [2.05, 4.69) is 4.98 Å². The van der Waals surface area contributed by atoms with Crippen molar-refractivity contribution in [3.63, 3.8) is 0 Å². The largest absolute Gasteiger partial charge is 0.416 e. The quantitative estimate of drug-likeness (QED) is 0.778. The first-order valence-corrected chi connectivity index (χ1v) is 8.83. The molecule has 2 aromatic rings. The summed E-state index contributed by atoms with van der Waals surface area (Å²) in [7, 11) is -4.32. The second kappa shape index (κ2) is 6.87. The fourth-order valence-electron chi connectivity index (χ4n) is 1.69. The van der Waals surface area contributed by atoms with Crippen LogP contribution in [0.4, 0.5) is 13.2 Å². The highest BCUT2D eigenvalue weighted by atomic mass is 32.2. The fraction of sp³-hybridized carbons (Fsp3) is 0.231. The molecule has 24 heavy (non-hydrogen) atoms. The van der Waals surface area contributed by atoms with E-state index >= 15 is 0 Å². The lowest BCUT2D eigenvalue weighted by Gasteiger charge is -2.10. The van der Waals surface area contributed by atoms with E-state index in [0.29, 0.717) is 11.1 Å². The predicted molar refractivity (Wildman–Crippen MR) is 80.5 cm³/mol. The van der Waals surface area contributed by atoms with Crippen molar-refractivity contribution in [2.45, 2.75) is 24.4 Å². The number of benzene rings is 1. The van der Waals surface area contributed by atoms with Crippen molar-refractivity contribution in [1.29, 1.82) is 0 Å². The third-order valence-corrected chi connectivity index (χ3v) is 4.99. The summed E-state index contributed by atoms with van der Waals surface area (Å²) in [4.78, 5) is 16.9. The Morgan fingerprint density at radius 2 is 2.04 bits per heavy atom. The first-order valence-electron chi connectivity index (χ1n) is 6.47.